The summed E-state index contributed by atoms with van der Waals surface area (Å²) in [4.78, 5) is 0. The highest BCUT2D eigenvalue weighted by Crippen LogP contribution is 2.38. The van der Waals surface area contributed by atoms with Crippen LogP contribution in [0.5, 0.6) is 0 Å². The first kappa shape index (κ1) is 8.44. The molecule has 2 heteroatoms. The maximum Gasteiger partial charge on any atom is 0.0306 e. The Morgan fingerprint density at radius 2 is 1.45 bits per heavy atom. The minimum atomic E-state index is 0.481. The normalized spacial score (nSPS) is 38.3. The van der Waals surface area contributed by atoms with Crippen LogP contribution in [-0.2, 0) is 0 Å². The Kier molecular flexibility index (Phi) is 2.12. The molecule has 0 spiro atoms. The van der Waals surface area contributed by atoms with Crippen molar-refractivity contribution in [3.8, 4) is 0 Å². The molecule has 0 aromatic rings. The maximum atomic E-state index is 5.83. The molecule has 2 atom stereocenters. The fourth-order valence-electron chi connectivity index (χ4n) is 2.13. The Morgan fingerprint density at radius 1 is 1.09 bits per heavy atom. The highest BCUT2D eigenvalue weighted by molar-refractivity contribution is 5.21. The smallest absolute Gasteiger partial charge is 0.0306 e. The third-order valence-electron chi connectivity index (χ3n) is 3.07. The highest BCUT2D eigenvalue weighted by Gasteiger charge is 2.33. The van der Waals surface area contributed by atoms with Gasteiger partial charge in [0.1, 0.15) is 0 Å². The van der Waals surface area contributed by atoms with E-state index >= 15 is 0 Å². The van der Waals surface area contributed by atoms with E-state index < -0.39 is 0 Å². The van der Waals surface area contributed by atoms with Gasteiger partial charge in [-0.2, -0.15) is 0 Å². The second-order valence-corrected chi connectivity index (χ2v) is 3.56. The predicted molar refractivity (Wildman–Crippen MR) is 47.5 cm³/mol. The lowest BCUT2D eigenvalue weighted by molar-refractivity contribution is 0.343. The van der Waals surface area contributed by atoms with E-state index in [9.17, 15) is 0 Å². The molecular weight excluding hydrogens is 136 g/mol. The van der Waals surface area contributed by atoms with Crippen molar-refractivity contribution < 1.29 is 0 Å². The number of hydrogen-bond donors (Lipinski definition) is 2. The highest BCUT2D eigenvalue weighted by atomic mass is 14.7. The van der Waals surface area contributed by atoms with E-state index in [4.69, 9.17) is 11.5 Å². The molecule has 1 aliphatic carbocycles. The molecule has 0 radical (unpaired) electrons. The van der Waals surface area contributed by atoms with Gasteiger partial charge in [0.25, 0.3) is 0 Å². The molecule has 11 heavy (non-hydrogen) atoms. The molecule has 0 fully saturated rings. The van der Waals surface area contributed by atoms with Crippen LogP contribution in [0.4, 0.5) is 0 Å². The fourth-order valence-corrected chi connectivity index (χ4v) is 2.13. The van der Waals surface area contributed by atoms with Crippen molar-refractivity contribution in [3.05, 3.63) is 11.4 Å². The first-order valence-electron chi connectivity index (χ1n) is 4.34. The third kappa shape index (κ3) is 1.10. The molecule has 64 valence electrons. The Balaban J connectivity index is 2.83. The van der Waals surface area contributed by atoms with E-state index in [1.165, 1.54) is 6.42 Å². The first-order chi connectivity index (χ1) is 5.09. The quantitative estimate of drug-likeness (QED) is 0.600. The summed E-state index contributed by atoms with van der Waals surface area (Å²) in [5.74, 6) is 1.62. The van der Waals surface area contributed by atoms with Gasteiger partial charge in [-0.15, -0.1) is 0 Å². The third-order valence-corrected chi connectivity index (χ3v) is 3.07. The lowest BCUT2D eigenvalue weighted by Crippen LogP contribution is -2.15. The summed E-state index contributed by atoms with van der Waals surface area (Å²) in [6, 6.07) is 0. The summed E-state index contributed by atoms with van der Waals surface area (Å²) >= 11 is 0. The second-order valence-electron chi connectivity index (χ2n) is 3.56. The van der Waals surface area contributed by atoms with Crippen LogP contribution in [0, 0.1) is 17.8 Å². The summed E-state index contributed by atoms with van der Waals surface area (Å²) in [6.45, 7) is 6.53. The lowest BCUT2D eigenvalue weighted by atomic mass is 9.87. The van der Waals surface area contributed by atoms with Gasteiger partial charge in [0.15, 0.2) is 0 Å². The zero-order valence-corrected chi connectivity index (χ0v) is 7.59. The zero-order chi connectivity index (χ0) is 8.59. The topological polar surface area (TPSA) is 52.0 Å². The maximum absolute atomic E-state index is 5.83. The van der Waals surface area contributed by atoms with Crippen molar-refractivity contribution >= 4 is 0 Å². The van der Waals surface area contributed by atoms with Crippen molar-refractivity contribution in [3.63, 3.8) is 0 Å². The van der Waals surface area contributed by atoms with Gasteiger partial charge in [-0.25, -0.2) is 0 Å². The van der Waals surface area contributed by atoms with Crippen molar-refractivity contribution in [2.45, 2.75) is 27.2 Å². The second kappa shape index (κ2) is 2.76. The summed E-state index contributed by atoms with van der Waals surface area (Å²) in [5.41, 5.74) is 13.5. The monoisotopic (exact) mass is 154 g/mol. The Morgan fingerprint density at radius 3 is 1.64 bits per heavy atom. The molecule has 2 nitrogen and oxygen atoms in total. The zero-order valence-electron chi connectivity index (χ0n) is 7.59. The fraction of sp³-hybridized carbons (Fsp3) is 0.778. The minimum Gasteiger partial charge on any atom is -0.400 e. The van der Waals surface area contributed by atoms with Gasteiger partial charge in [0.2, 0.25) is 0 Å². The summed E-state index contributed by atoms with van der Waals surface area (Å²) in [5, 5.41) is 0. The molecule has 0 aliphatic heterocycles. The largest absolute Gasteiger partial charge is 0.400 e. The number of rotatable bonds is 1. The lowest BCUT2D eigenvalue weighted by Gasteiger charge is -2.18. The van der Waals surface area contributed by atoms with Gasteiger partial charge < -0.3 is 11.5 Å². The molecule has 1 aliphatic rings. The number of hydrogen-bond acceptors (Lipinski definition) is 2. The minimum absolute atomic E-state index is 0.481. The van der Waals surface area contributed by atoms with Crippen LogP contribution in [0.25, 0.3) is 0 Å². The van der Waals surface area contributed by atoms with E-state index in [0.717, 1.165) is 11.4 Å². The molecule has 0 saturated heterocycles. The average Bonchev–Trinajstić information content (AvgIpc) is 2.17. The van der Waals surface area contributed by atoms with Crippen LogP contribution >= 0.6 is 0 Å². The van der Waals surface area contributed by atoms with Crippen LogP contribution in [0.2, 0.25) is 0 Å². The van der Waals surface area contributed by atoms with Gasteiger partial charge in [-0.1, -0.05) is 27.2 Å². The number of nitrogens with two attached hydrogens (primary N) is 2. The molecule has 0 bridgehead atoms. The van der Waals surface area contributed by atoms with Gasteiger partial charge in [-0.3, -0.25) is 0 Å². The number of allylic oxidation sites excluding steroid dienone is 2. The Labute approximate surface area is 68.6 Å². The van der Waals surface area contributed by atoms with E-state index in [-0.39, 0.29) is 0 Å². The Hall–Kier alpha value is -0.660. The van der Waals surface area contributed by atoms with Crippen LogP contribution in [0.1, 0.15) is 27.2 Å². The van der Waals surface area contributed by atoms with Crippen molar-refractivity contribution in [2.75, 3.05) is 0 Å². The molecule has 4 N–H and O–H groups in total. The van der Waals surface area contributed by atoms with Gasteiger partial charge in [-0.05, 0) is 5.92 Å². The average molecular weight is 154 g/mol. The van der Waals surface area contributed by atoms with E-state index in [2.05, 4.69) is 20.8 Å². The van der Waals surface area contributed by atoms with E-state index in [1.807, 2.05) is 0 Å². The van der Waals surface area contributed by atoms with E-state index in [1.54, 1.807) is 0 Å². The summed E-state index contributed by atoms with van der Waals surface area (Å²) < 4.78 is 0. The summed E-state index contributed by atoms with van der Waals surface area (Å²) in [7, 11) is 0. The molecule has 0 saturated carbocycles. The van der Waals surface area contributed by atoms with Crippen molar-refractivity contribution in [1.29, 1.82) is 0 Å². The molecule has 0 aromatic heterocycles. The molecule has 0 amide bonds. The Bertz CT molecular complexity index is 166. The van der Waals surface area contributed by atoms with Crippen LogP contribution in [0.3, 0.4) is 0 Å². The van der Waals surface area contributed by atoms with Crippen LogP contribution < -0.4 is 11.5 Å². The standard InChI is InChI=1S/C9H18N2/c1-4-7-5(2)8(10)9(11)6(7)3/h5-7H,4,10-11H2,1-3H3. The first-order valence-corrected chi connectivity index (χ1v) is 4.34. The van der Waals surface area contributed by atoms with E-state index in [0.29, 0.717) is 17.8 Å². The van der Waals surface area contributed by atoms with Gasteiger partial charge >= 0.3 is 0 Å². The summed E-state index contributed by atoms with van der Waals surface area (Å²) in [6.07, 6.45) is 1.17. The van der Waals surface area contributed by atoms with Gasteiger partial charge in [0.05, 0.1) is 0 Å². The SMILES string of the molecule is CCC1C(C)C(N)=C(N)C1C. The predicted octanol–water partition coefficient (Wildman–Crippen LogP) is 1.43. The molecule has 0 heterocycles. The van der Waals surface area contributed by atoms with Crippen molar-refractivity contribution in [2.24, 2.45) is 29.2 Å². The molecule has 1 rings (SSSR count). The van der Waals surface area contributed by atoms with Crippen molar-refractivity contribution in [1.82, 2.24) is 0 Å². The van der Waals surface area contributed by atoms with Crippen LogP contribution in [-0.4, -0.2) is 0 Å². The molecule has 2 unspecified atom stereocenters. The molecule has 0 aromatic carbocycles. The van der Waals surface area contributed by atoms with Gasteiger partial charge in [0, 0.05) is 23.2 Å². The molecular formula is C9H18N2. The van der Waals surface area contributed by atoms with Crippen LogP contribution in [0.15, 0.2) is 11.4 Å².